The van der Waals surface area contributed by atoms with Crippen LogP contribution < -0.4 is 11.1 Å². The Labute approximate surface area is 144 Å². The number of nitrogens with two attached hydrogens (primary N) is 1. The van der Waals surface area contributed by atoms with Crippen molar-refractivity contribution in [2.24, 2.45) is 11.1 Å². The molecular formula is C19H25ClN2O. The molecular weight excluding hydrogens is 308 g/mol. The number of hydrogen-bond acceptors (Lipinski definition) is 2. The Morgan fingerprint density at radius 1 is 1.17 bits per heavy atom. The van der Waals surface area contributed by atoms with E-state index >= 15 is 0 Å². The van der Waals surface area contributed by atoms with E-state index in [1.54, 1.807) is 0 Å². The molecule has 0 radical (unpaired) electrons. The van der Waals surface area contributed by atoms with Gasteiger partial charge in [-0.05, 0) is 35.2 Å². The summed E-state index contributed by atoms with van der Waals surface area (Å²) in [5, 5.41) is 5.55. The van der Waals surface area contributed by atoms with Crippen molar-refractivity contribution < 1.29 is 4.79 Å². The largest absolute Gasteiger partial charge is 0.348 e. The molecule has 3 nitrogen and oxygen atoms in total. The van der Waals surface area contributed by atoms with E-state index in [-0.39, 0.29) is 29.8 Å². The highest BCUT2D eigenvalue weighted by atomic mass is 35.5. The highest BCUT2D eigenvalue weighted by Gasteiger charge is 2.37. The predicted octanol–water partition coefficient (Wildman–Crippen LogP) is 3.96. The molecule has 0 heterocycles. The molecule has 0 bridgehead atoms. The molecule has 0 aliphatic heterocycles. The number of fused-ring (bicyclic) bond motifs is 1. The number of carbonyl (C=O) groups excluding carboxylic acids is 1. The third-order valence-corrected chi connectivity index (χ3v) is 4.97. The average Bonchev–Trinajstić information content (AvgIpc) is 3.00. The van der Waals surface area contributed by atoms with E-state index in [2.05, 4.69) is 42.6 Å². The van der Waals surface area contributed by atoms with Crippen molar-refractivity contribution in [3.63, 3.8) is 0 Å². The lowest BCUT2D eigenvalue weighted by molar-refractivity contribution is -0.130. The predicted molar refractivity (Wildman–Crippen MR) is 97.7 cm³/mol. The third-order valence-electron chi connectivity index (χ3n) is 4.97. The zero-order valence-corrected chi connectivity index (χ0v) is 14.4. The molecule has 1 fully saturated rings. The number of rotatable bonds is 4. The fourth-order valence-electron chi connectivity index (χ4n) is 3.42. The molecule has 23 heavy (non-hydrogen) atoms. The summed E-state index contributed by atoms with van der Waals surface area (Å²) in [5.41, 5.74) is 6.79. The number of carbonyl (C=O) groups is 1. The minimum atomic E-state index is -0.218. The van der Waals surface area contributed by atoms with Gasteiger partial charge in [-0.1, -0.05) is 56.2 Å². The van der Waals surface area contributed by atoms with E-state index in [0.29, 0.717) is 6.54 Å². The molecule has 3 N–H and O–H groups in total. The van der Waals surface area contributed by atoms with E-state index in [1.165, 1.54) is 10.8 Å². The van der Waals surface area contributed by atoms with Crippen LogP contribution in [0, 0.1) is 5.41 Å². The topological polar surface area (TPSA) is 55.1 Å². The van der Waals surface area contributed by atoms with Crippen molar-refractivity contribution in [2.75, 3.05) is 6.54 Å². The molecule has 1 saturated carbocycles. The number of halogens is 1. The standard InChI is InChI=1S/C19H24N2O.ClH/c1-19(10-4-5-11-19)18(22)21-17(13-20)16-9-8-14-6-2-3-7-15(14)12-16;/h2-3,6-9,12,17H,4-5,10-11,13,20H2,1H3,(H,21,22);1H. The van der Waals surface area contributed by atoms with Crippen molar-refractivity contribution >= 4 is 29.1 Å². The first-order valence-corrected chi connectivity index (χ1v) is 8.12. The van der Waals surface area contributed by atoms with E-state index in [1.807, 2.05) is 12.1 Å². The van der Waals surface area contributed by atoms with Crippen molar-refractivity contribution in [1.82, 2.24) is 5.32 Å². The van der Waals surface area contributed by atoms with Gasteiger partial charge in [0.2, 0.25) is 5.91 Å². The Morgan fingerprint density at radius 2 is 1.83 bits per heavy atom. The second-order valence-corrected chi connectivity index (χ2v) is 6.64. The lowest BCUT2D eigenvalue weighted by atomic mass is 9.87. The second kappa shape index (κ2) is 7.33. The highest BCUT2D eigenvalue weighted by Crippen LogP contribution is 2.38. The zero-order valence-electron chi connectivity index (χ0n) is 13.5. The summed E-state index contributed by atoms with van der Waals surface area (Å²) in [6.45, 7) is 2.49. The van der Waals surface area contributed by atoms with Crippen LogP contribution in [-0.4, -0.2) is 12.5 Å². The fraction of sp³-hybridized carbons (Fsp3) is 0.421. The minimum absolute atomic E-state index is 0. The van der Waals surface area contributed by atoms with Crippen LogP contribution in [0.25, 0.3) is 10.8 Å². The van der Waals surface area contributed by atoms with Gasteiger partial charge < -0.3 is 11.1 Å². The van der Waals surface area contributed by atoms with Crippen molar-refractivity contribution in [2.45, 2.75) is 38.6 Å². The summed E-state index contributed by atoms with van der Waals surface area (Å²) in [6, 6.07) is 14.4. The molecule has 0 saturated heterocycles. The zero-order chi connectivity index (χ0) is 15.6. The van der Waals surface area contributed by atoms with Crippen LogP contribution in [0.5, 0.6) is 0 Å². The Balaban J connectivity index is 0.00000192. The maximum Gasteiger partial charge on any atom is 0.226 e. The van der Waals surface area contributed by atoms with Crippen LogP contribution in [0.2, 0.25) is 0 Å². The molecule has 1 amide bonds. The number of amides is 1. The van der Waals surface area contributed by atoms with Gasteiger partial charge in [0.1, 0.15) is 0 Å². The van der Waals surface area contributed by atoms with Gasteiger partial charge in [0.25, 0.3) is 0 Å². The maximum atomic E-state index is 12.6. The van der Waals surface area contributed by atoms with Gasteiger partial charge >= 0.3 is 0 Å². The first-order chi connectivity index (χ1) is 10.6. The molecule has 2 aromatic carbocycles. The second-order valence-electron chi connectivity index (χ2n) is 6.64. The van der Waals surface area contributed by atoms with Crippen molar-refractivity contribution in [1.29, 1.82) is 0 Å². The summed E-state index contributed by atoms with van der Waals surface area (Å²) < 4.78 is 0. The average molecular weight is 333 g/mol. The molecule has 1 unspecified atom stereocenters. The van der Waals surface area contributed by atoms with Crippen LogP contribution in [0.3, 0.4) is 0 Å². The van der Waals surface area contributed by atoms with Crippen LogP contribution >= 0.6 is 12.4 Å². The minimum Gasteiger partial charge on any atom is -0.348 e. The van der Waals surface area contributed by atoms with E-state index in [4.69, 9.17) is 5.73 Å². The molecule has 4 heteroatoms. The number of benzene rings is 2. The van der Waals surface area contributed by atoms with Crippen LogP contribution in [0.4, 0.5) is 0 Å². The fourth-order valence-corrected chi connectivity index (χ4v) is 3.42. The Hall–Kier alpha value is -1.58. The summed E-state index contributed by atoms with van der Waals surface area (Å²) in [4.78, 5) is 12.6. The van der Waals surface area contributed by atoms with Crippen molar-refractivity contribution in [3.05, 3.63) is 48.0 Å². The highest BCUT2D eigenvalue weighted by molar-refractivity contribution is 5.85. The van der Waals surface area contributed by atoms with E-state index in [9.17, 15) is 4.79 Å². The number of nitrogens with one attached hydrogen (secondary N) is 1. The summed E-state index contributed by atoms with van der Waals surface area (Å²) in [5.74, 6) is 0.147. The SMILES string of the molecule is CC1(C(=O)NC(CN)c2ccc3ccccc3c2)CCCC1.Cl. The van der Waals surface area contributed by atoms with Crippen LogP contribution in [0.1, 0.15) is 44.2 Å². The van der Waals surface area contributed by atoms with Gasteiger partial charge in [0.05, 0.1) is 6.04 Å². The first kappa shape index (κ1) is 17.8. The Bertz CT molecular complexity index is 680. The summed E-state index contributed by atoms with van der Waals surface area (Å²) >= 11 is 0. The normalized spacial score (nSPS) is 17.5. The molecule has 1 aliphatic carbocycles. The van der Waals surface area contributed by atoms with Gasteiger partial charge in [0, 0.05) is 12.0 Å². The van der Waals surface area contributed by atoms with Gasteiger partial charge in [-0.2, -0.15) is 0 Å². The maximum absolute atomic E-state index is 12.6. The summed E-state index contributed by atoms with van der Waals surface area (Å²) in [7, 11) is 0. The van der Waals surface area contributed by atoms with Gasteiger partial charge in [-0.25, -0.2) is 0 Å². The number of hydrogen-bond donors (Lipinski definition) is 2. The molecule has 124 valence electrons. The lowest BCUT2D eigenvalue weighted by Crippen LogP contribution is -2.41. The smallest absolute Gasteiger partial charge is 0.226 e. The van der Waals surface area contributed by atoms with Gasteiger partial charge in [0.15, 0.2) is 0 Å². The van der Waals surface area contributed by atoms with Crippen molar-refractivity contribution in [3.8, 4) is 0 Å². The quantitative estimate of drug-likeness (QED) is 0.890. The van der Waals surface area contributed by atoms with E-state index in [0.717, 1.165) is 31.2 Å². The molecule has 1 aliphatic rings. The van der Waals surface area contributed by atoms with Crippen LogP contribution in [0.15, 0.2) is 42.5 Å². The lowest BCUT2D eigenvalue weighted by Gasteiger charge is -2.26. The molecule has 1 atom stereocenters. The third kappa shape index (κ3) is 3.67. The Morgan fingerprint density at radius 3 is 2.48 bits per heavy atom. The summed E-state index contributed by atoms with van der Waals surface area (Å²) in [6.07, 6.45) is 4.25. The van der Waals surface area contributed by atoms with Gasteiger partial charge in [-0.15, -0.1) is 12.4 Å². The van der Waals surface area contributed by atoms with E-state index < -0.39 is 0 Å². The molecule has 2 aromatic rings. The van der Waals surface area contributed by atoms with Crippen LogP contribution in [-0.2, 0) is 4.79 Å². The monoisotopic (exact) mass is 332 g/mol. The Kier molecular flexibility index (Phi) is 5.66. The van der Waals surface area contributed by atoms with Gasteiger partial charge in [-0.3, -0.25) is 4.79 Å². The molecule has 3 rings (SSSR count). The molecule has 0 spiro atoms. The molecule has 0 aromatic heterocycles. The first-order valence-electron chi connectivity index (χ1n) is 8.12.